The van der Waals surface area contributed by atoms with Crippen LogP contribution in [0, 0.1) is 0 Å². The third-order valence-corrected chi connectivity index (χ3v) is 8.37. The van der Waals surface area contributed by atoms with Crippen LogP contribution in [0.5, 0.6) is 0 Å². The lowest BCUT2D eigenvalue weighted by molar-refractivity contribution is -0.118. The first-order chi connectivity index (χ1) is 16.4. The van der Waals surface area contributed by atoms with Crippen molar-refractivity contribution in [3.8, 4) is 0 Å². The van der Waals surface area contributed by atoms with Crippen LogP contribution < -0.4 is 4.90 Å². The first kappa shape index (κ1) is 24.1. The molecule has 4 rings (SSSR count). The molecule has 0 spiro atoms. The van der Waals surface area contributed by atoms with E-state index in [9.17, 15) is 13.2 Å². The summed E-state index contributed by atoms with van der Waals surface area (Å²) in [5.41, 5.74) is 3.86. The van der Waals surface area contributed by atoms with Crippen LogP contribution in [-0.2, 0) is 33.4 Å². The smallest absolute Gasteiger partial charge is 0.229 e. The van der Waals surface area contributed by atoms with Gasteiger partial charge in [0.15, 0.2) is 15.0 Å². The van der Waals surface area contributed by atoms with Gasteiger partial charge in [-0.1, -0.05) is 85.0 Å². The fraction of sp³-hybridized carbons (Fsp3) is 0.259. The lowest BCUT2D eigenvalue weighted by Crippen LogP contribution is -2.30. The minimum Gasteiger partial charge on any atom is -0.284 e. The lowest BCUT2D eigenvalue weighted by Gasteiger charge is -2.20. The van der Waals surface area contributed by atoms with Crippen LogP contribution in [0.4, 0.5) is 5.13 Å². The van der Waals surface area contributed by atoms with Gasteiger partial charge in [-0.3, -0.25) is 9.69 Å². The normalized spacial score (nSPS) is 11.6. The number of thiazole rings is 1. The van der Waals surface area contributed by atoms with E-state index >= 15 is 0 Å². The minimum atomic E-state index is -3.29. The van der Waals surface area contributed by atoms with E-state index < -0.39 is 9.84 Å². The number of amides is 1. The van der Waals surface area contributed by atoms with Crippen molar-refractivity contribution in [2.24, 2.45) is 0 Å². The number of aromatic nitrogens is 1. The van der Waals surface area contributed by atoms with Gasteiger partial charge < -0.3 is 0 Å². The Hall–Kier alpha value is -3.03. The van der Waals surface area contributed by atoms with E-state index in [1.54, 1.807) is 17.0 Å². The van der Waals surface area contributed by atoms with Gasteiger partial charge in [0, 0.05) is 6.42 Å². The van der Waals surface area contributed by atoms with Gasteiger partial charge >= 0.3 is 0 Å². The number of hydrogen-bond acceptors (Lipinski definition) is 5. The SMILES string of the molecule is CCc1ccc2nc(N(Cc3ccccc3)C(=O)CCCS(=O)(=O)Cc3ccccc3)sc2c1. The predicted octanol–water partition coefficient (Wildman–Crippen LogP) is 5.79. The highest BCUT2D eigenvalue weighted by Gasteiger charge is 2.21. The van der Waals surface area contributed by atoms with Crippen molar-refractivity contribution in [3.63, 3.8) is 0 Å². The second-order valence-corrected chi connectivity index (χ2v) is 11.5. The molecule has 0 saturated heterocycles. The molecule has 0 fully saturated rings. The van der Waals surface area contributed by atoms with Gasteiger partial charge in [0.2, 0.25) is 5.91 Å². The molecule has 5 nitrogen and oxygen atoms in total. The van der Waals surface area contributed by atoms with E-state index in [-0.39, 0.29) is 30.3 Å². The Morgan fingerprint density at radius 3 is 2.26 bits per heavy atom. The molecule has 1 aromatic heterocycles. The van der Waals surface area contributed by atoms with Crippen LogP contribution in [0.15, 0.2) is 78.9 Å². The molecular formula is C27H28N2O3S2. The summed E-state index contributed by atoms with van der Waals surface area (Å²) in [7, 11) is -3.29. The van der Waals surface area contributed by atoms with Crippen molar-refractivity contribution in [2.75, 3.05) is 10.7 Å². The number of anilines is 1. The van der Waals surface area contributed by atoms with Gasteiger partial charge in [-0.25, -0.2) is 13.4 Å². The van der Waals surface area contributed by atoms with E-state index in [1.165, 1.54) is 16.9 Å². The number of nitrogens with zero attached hydrogens (tertiary/aromatic N) is 2. The molecule has 0 N–H and O–H groups in total. The van der Waals surface area contributed by atoms with Crippen LogP contribution in [0.1, 0.15) is 36.5 Å². The number of aryl methyl sites for hydroxylation is 1. The van der Waals surface area contributed by atoms with Crippen LogP contribution in [0.2, 0.25) is 0 Å². The number of carbonyl (C=O) groups excluding carboxylic acids is 1. The zero-order valence-electron chi connectivity index (χ0n) is 19.2. The third kappa shape index (κ3) is 6.30. The number of benzene rings is 3. The summed E-state index contributed by atoms with van der Waals surface area (Å²) in [5.74, 6) is -0.145. The maximum absolute atomic E-state index is 13.3. The Morgan fingerprint density at radius 2 is 1.59 bits per heavy atom. The molecule has 1 amide bonds. The average Bonchev–Trinajstić information content (AvgIpc) is 3.26. The number of carbonyl (C=O) groups is 1. The Balaban J connectivity index is 1.49. The van der Waals surface area contributed by atoms with Crippen LogP contribution in [0.25, 0.3) is 10.2 Å². The largest absolute Gasteiger partial charge is 0.284 e. The Kier molecular flexibility index (Phi) is 7.75. The molecule has 1 heterocycles. The first-order valence-electron chi connectivity index (χ1n) is 11.4. The van der Waals surface area contributed by atoms with E-state index in [1.807, 2.05) is 54.6 Å². The fourth-order valence-corrected chi connectivity index (χ4v) is 6.27. The van der Waals surface area contributed by atoms with Gasteiger partial charge in [-0.05, 0) is 41.7 Å². The predicted molar refractivity (Wildman–Crippen MR) is 140 cm³/mol. The van der Waals surface area contributed by atoms with Crippen LogP contribution in [-0.4, -0.2) is 25.1 Å². The highest BCUT2D eigenvalue weighted by molar-refractivity contribution is 7.90. The Bertz CT molecular complexity index is 1350. The van der Waals surface area contributed by atoms with E-state index in [0.717, 1.165) is 27.8 Å². The topological polar surface area (TPSA) is 67.3 Å². The summed E-state index contributed by atoms with van der Waals surface area (Å²) >= 11 is 1.50. The minimum absolute atomic E-state index is 0.00656. The molecule has 0 aliphatic carbocycles. The lowest BCUT2D eigenvalue weighted by atomic mass is 10.2. The van der Waals surface area contributed by atoms with E-state index in [4.69, 9.17) is 4.98 Å². The summed E-state index contributed by atoms with van der Waals surface area (Å²) in [4.78, 5) is 19.7. The molecule has 0 saturated carbocycles. The van der Waals surface area contributed by atoms with Crippen molar-refractivity contribution in [1.82, 2.24) is 4.98 Å². The molecule has 0 bridgehead atoms. The summed E-state index contributed by atoms with van der Waals surface area (Å²) < 4.78 is 26.2. The second kappa shape index (κ2) is 10.9. The molecule has 0 aliphatic rings. The number of fused-ring (bicyclic) bond motifs is 1. The first-order valence-corrected chi connectivity index (χ1v) is 14.1. The quantitative estimate of drug-likeness (QED) is 0.281. The standard InChI is InChI=1S/C27H28N2O3S2/c1-2-21-15-16-24-25(18-21)33-27(28-24)29(19-22-10-5-3-6-11-22)26(30)14-9-17-34(31,32)20-23-12-7-4-8-13-23/h3-8,10-13,15-16,18H,2,9,14,17,19-20H2,1H3. The maximum atomic E-state index is 13.3. The summed E-state index contributed by atoms with van der Waals surface area (Å²) in [5, 5.41) is 0.643. The molecule has 3 aromatic carbocycles. The highest BCUT2D eigenvalue weighted by atomic mass is 32.2. The highest BCUT2D eigenvalue weighted by Crippen LogP contribution is 2.31. The monoisotopic (exact) mass is 492 g/mol. The molecule has 7 heteroatoms. The molecular weight excluding hydrogens is 464 g/mol. The van der Waals surface area contributed by atoms with Crippen molar-refractivity contribution >= 4 is 42.4 Å². The van der Waals surface area contributed by atoms with Crippen molar-refractivity contribution in [1.29, 1.82) is 0 Å². The van der Waals surface area contributed by atoms with Gasteiger partial charge in [-0.15, -0.1) is 0 Å². The van der Waals surface area contributed by atoms with E-state index in [2.05, 4.69) is 19.1 Å². The van der Waals surface area contributed by atoms with Gasteiger partial charge in [0.1, 0.15) is 0 Å². The summed E-state index contributed by atoms with van der Waals surface area (Å²) in [6.07, 6.45) is 1.37. The van der Waals surface area contributed by atoms with Gasteiger partial charge in [0.05, 0.1) is 28.3 Å². The Labute approximate surface area is 205 Å². The molecule has 0 aliphatic heterocycles. The van der Waals surface area contributed by atoms with E-state index in [0.29, 0.717) is 11.7 Å². The molecule has 0 atom stereocenters. The number of rotatable bonds is 10. The molecule has 34 heavy (non-hydrogen) atoms. The van der Waals surface area contributed by atoms with Crippen LogP contribution in [0.3, 0.4) is 0 Å². The Morgan fingerprint density at radius 1 is 0.912 bits per heavy atom. The third-order valence-electron chi connectivity index (χ3n) is 5.64. The van der Waals surface area contributed by atoms with Crippen molar-refractivity contribution in [2.45, 2.75) is 38.5 Å². The van der Waals surface area contributed by atoms with Gasteiger partial charge in [0.25, 0.3) is 0 Å². The maximum Gasteiger partial charge on any atom is 0.229 e. The number of sulfone groups is 1. The molecule has 0 unspecified atom stereocenters. The fourth-order valence-electron chi connectivity index (χ4n) is 3.80. The molecule has 4 aromatic rings. The molecule has 0 radical (unpaired) electrons. The van der Waals surface area contributed by atoms with Crippen molar-refractivity contribution in [3.05, 3.63) is 95.6 Å². The average molecular weight is 493 g/mol. The van der Waals surface area contributed by atoms with Gasteiger partial charge in [-0.2, -0.15) is 0 Å². The molecule has 176 valence electrons. The van der Waals surface area contributed by atoms with Crippen molar-refractivity contribution < 1.29 is 13.2 Å². The van der Waals surface area contributed by atoms with Crippen LogP contribution >= 0.6 is 11.3 Å². The zero-order valence-corrected chi connectivity index (χ0v) is 20.8. The zero-order chi connectivity index (χ0) is 24.0. The summed E-state index contributed by atoms with van der Waals surface area (Å²) in [6, 6.07) is 25.1. The number of hydrogen-bond donors (Lipinski definition) is 0. The summed E-state index contributed by atoms with van der Waals surface area (Å²) in [6.45, 7) is 2.51. The second-order valence-electron chi connectivity index (χ2n) is 8.30.